The van der Waals surface area contributed by atoms with E-state index >= 15 is 0 Å². The number of phosphoric acid groups is 3. The number of aliphatic hydroxyl groups excluding tert-OH is 3. The summed E-state index contributed by atoms with van der Waals surface area (Å²) in [5.74, 6) is -1.19. The molecule has 1 fully saturated rings. The highest BCUT2D eigenvalue weighted by atomic mass is 32.2. The minimum Gasteiger partial charge on any atom is -0.396 e. The fourth-order valence-corrected chi connectivity index (χ4v) is 8.14. The lowest BCUT2D eigenvalue weighted by molar-refractivity contribution is -0.137. The molecule has 0 bridgehead atoms. The maximum atomic E-state index is 12.6. The molecule has 0 aromatic carbocycles. The Balaban J connectivity index is 1.50. The van der Waals surface area contributed by atoms with Crippen molar-refractivity contribution in [3.05, 3.63) is 12.7 Å². The van der Waals surface area contributed by atoms with Crippen LogP contribution in [0.3, 0.4) is 0 Å². The number of aromatic nitrogens is 4. The Morgan fingerprint density at radius 1 is 1.06 bits per heavy atom. The lowest BCUT2D eigenvalue weighted by Gasteiger charge is -2.30. The Morgan fingerprint density at radius 2 is 1.74 bits per heavy atom. The highest BCUT2D eigenvalue weighted by Crippen LogP contribution is 2.61. The van der Waals surface area contributed by atoms with Crippen LogP contribution >= 0.6 is 35.2 Å². The van der Waals surface area contributed by atoms with Crippen LogP contribution in [-0.2, 0) is 50.7 Å². The molecule has 2 amide bonds. The summed E-state index contributed by atoms with van der Waals surface area (Å²) in [5.41, 5.74) is 4.24. The Labute approximate surface area is 310 Å². The number of thioether (sulfide) groups is 1. The molecule has 7 unspecified atom stereocenters. The molecule has 306 valence electrons. The summed E-state index contributed by atoms with van der Waals surface area (Å²) in [5, 5.41) is 34.8. The van der Waals surface area contributed by atoms with Crippen molar-refractivity contribution in [2.45, 2.75) is 63.8 Å². The van der Waals surface area contributed by atoms with Crippen LogP contribution in [0.1, 0.15) is 39.3 Å². The van der Waals surface area contributed by atoms with E-state index in [1.165, 1.54) is 13.8 Å². The van der Waals surface area contributed by atoms with Crippen LogP contribution in [0.15, 0.2) is 12.7 Å². The first-order chi connectivity index (χ1) is 25.1. The Kier molecular flexibility index (Phi) is 16.7. The number of nitrogens with one attached hydrogen (secondary N) is 2. The van der Waals surface area contributed by atoms with Crippen molar-refractivity contribution in [3.8, 4) is 0 Å². The van der Waals surface area contributed by atoms with E-state index in [-0.39, 0.29) is 54.6 Å². The molecule has 1 aliphatic heterocycles. The van der Waals surface area contributed by atoms with Gasteiger partial charge in [-0.15, -0.1) is 0 Å². The van der Waals surface area contributed by atoms with Crippen molar-refractivity contribution >= 4 is 69.1 Å². The van der Waals surface area contributed by atoms with Gasteiger partial charge in [-0.25, -0.2) is 28.6 Å². The van der Waals surface area contributed by atoms with E-state index in [0.717, 1.165) is 29.0 Å². The van der Waals surface area contributed by atoms with Crippen LogP contribution in [0.4, 0.5) is 5.82 Å². The SMILES string of the molecule is CC(C)(COP(=O)(O)OP(=O)(O)OCC1OC(n2cnc3c(N)ncnc32)C(O)C1OP(=O)(O)O)C(O)C(=O)NCCC(=O)NCCSC(=O)CCCO. The van der Waals surface area contributed by atoms with E-state index in [1.54, 1.807) is 0 Å². The number of nitrogen functional groups attached to an aromatic ring is 1. The highest BCUT2D eigenvalue weighted by molar-refractivity contribution is 8.13. The Hall–Kier alpha value is -2.48. The molecule has 11 N–H and O–H groups in total. The topological polar surface area (TPSA) is 384 Å². The van der Waals surface area contributed by atoms with Gasteiger partial charge >= 0.3 is 23.5 Å². The second-order valence-corrected chi connectivity index (χ2v) is 17.5. The van der Waals surface area contributed by atoms with Crippen LogP contribution in [0.5, 0.6) is 0 Å². The lowest BCUT2D eigenvalue weighted by Crippen LogP contribution is -2.46. The second kappa shape index (κ2) is 19.6. The number of hydrogen-bond donors (Lipinski definition) is 10. The number of nitrogens with two attached hydrogens (primary N) is 1. The number of anilines is 1. The molecule has 0 radical (unpaired) electrons. The Bertz CT molecular complexity index is 1760. The number of rotatable bonds is 22. The maximum absolute atomic E-state index is 12.6. The summed E-state index contributed by atoms with van der Waals surface area (Å²) >= 11 is 0.999. The predicted octanol–water partition coefficient (Wildman–Crippen LogP) is -1.56. The van der Waals surface area contributed by atoms with Gasteiger partial charge in [0.1, 0.15) is 36.3 Å². The molecule has 7 atom stereocenters. The number of hydrogen-bond acceptors (Lipinski definition) is 19. The van der Waals surface area contributed by atoms with Gasteiger partial charge in [-0.3, -0.25) is 32.5 Å². The van der Waals surface area contributed by atoms with Gasteiger partial charge in [0.2, 0.25) is 11.8 Å². The van der Waals surface area contributed by atoms with E-state index < -0.39 is 84.6 Å². The summed E-state index contributed by atoms with van der Waals surface area (Å²) in [7, 11) is -16.4. The molecule has 2 aromatic rings. The van der Waals surface area contributed by atoms with Crippen molar-refractivity contribution in [1.82, 2.24) is 30.2 Å². The number of carbonyl (C=O) groups is 3. The van der Waals surface area contributed by atoms with Gasteiger partial charge in [0.15, 0.2) is 22.8 Å². The number of carbonyl (C=O) groups excluding carboxylic acids is 3. The molecule has 3 heterocycles. The summed E-state index contributed by atoms with van der Waals surface area (Å²) in [6, 6.07) is 0. The van der Waals surface area contributed by atoms with E-state index in [4.69, 9.17) is 24.6 Å². The standard InChI is InChI=1S/C25H42N7O18P3S/c1-25(2,20(37)23(38)28-6-5-15(34)27-7-9-54-16(35)4-3-8-33)11-47-53(44,45)50-52(42,43)46-10-14-19(49-51(39,40)41)18(36)24(48-14)32-13-31-17-21(26)29-12-30-22(17)32/h12-14,18-20,24,33,36-37H,3-11H2,1-2H3,(H,27,34)(H,28,38)(H,42,43)(H,44,45)(H2,26,29,30)(H2,39,40,41). The molecule has 1 saturated heterocycles. The van der Waals surface area contributed by atoms with Gasteiger partial charge in [0, 0.05) is 43.7 Å². The normalized spacial score (nSPS) is 22.0. The molecular formula is C25H42N7O18P3S. The third kappa shape index (κ3) is 13.9. The number of amides is 2. The molecule has 1 aliphatic rings. The number of imidazole rings is 1. The quantitative estimate of drug-likeness (QED) is 0.0473. The van der Waals surface area contributed by atoms with Crippen LogP contribution < -0.4 is 16.4 Å². The molecule has 29 heteroatoms. The summed E-state index contributed by atoms with van der Waals surface area (Å²) in [6.45, 7) is 0.303. The minimum atomic E-state index is -5.57. The van der Waals surface area contributed by atoms with E-state index in [2.05, 4.69) is 34.4 Å². The van der Waals surface area contributed by atoms with Gasteiger partial charge in [-0.1, -0.05) is 25.6 Å². The van der Waals surface area contributed by atoms with Crippen molar-refractivity contribution in [2.24, 2.45) is 5.41 Å². The fraction of sp³-hybridized carbons (Fsp3) is 0.680. The first-order valence-corrected chi connectivity index (χ1v) is 21.2. The number of nitrogens with zero attached hydrogens (tertiary/aromatic N) is 4. The number of ether oxygens (including phenoxy) is 1. The van der Waals surface area contributed by atoms with Gasteiger partial charge in [0.25, 0.3) is 0 Å². The van der Waals surface area contributed by atoms with Gasteiger partial charge in [0.05, 0.1) is 19.5 Å². The molecule has 3 rings (SSSR count). The molecule has 54 heavy (non-hydrogen) atoms. The van der Waals surface area contributed by atoms with Crippen molar-refractivity contribution in [2.75, 3.05) is 44.4 Å². The first kappa shape index (κ1) is 45.9. The van der Waals surface area contributed by atoms with Gasteiger partial charge in [-0.2, -0.15) is 4.31 Å². The summed E-state index contributed by atoms with van der Waals surface area (Å²) in [6.07, 6.45) is -6.41. The number of aliphatic hydroxyl groups is 3. The third-order valence-electron chi connectivity index (χ3n) is 7.30. The van der Waals surface area contributed by atoms with Crippen LogP contribution in [0.2, 0.25) is 0 Å². The number of phosphoric ester groups is 3. The predicted molar refractivity (Wildman–Crippen MR) is 183 cm³/mol. The summed E-state index contributed by atoms with van der Waals surface area (Å²) < 4.78 is 61.9. The smallest absolute Gasteiger partial charge is 0.396 e. The molecule has 2 aromatic heterocycles. The Morgan fingerprint density at radius 3 is 2.41 bits per heavy atom. The maximum Gasteiger partial charge on any atom is 0.481 e. The second-order valence-electron chi connectivity index (χ2n) is 12.1. The van der Waals surface area contributed by atoms with E-state index in [0.29, 0.717) is 12.2 Å². The fourth-order valence-electron chi connectivity index (χ4n) is 4.59. The van der Waals surface area contributed by atoms with Crippen molar-refractivity contribution in [3.63, 3.8) is 0 Å². The van der Waals surface area contributed by atoms with Crippen molar-refractivity contribution in [1.29, 1.82) is 0 Å². The van der Waals surface area contributed by atoms with Crippen LogP contribution in [0.25, 0.3) is 11.2 Å². The lowest BCUT2D eigenvalue weighted by atomic mass is 9.87. The van der Waals surface area contributed by atoms with Crippen LogP contribution in [0, 0.1) is 5.41 Å². The average molecular weight is 854 g/mol. The zero-order chi connectivity index (χ0) is 40.5. The third-order valence-corrected chi connectivity index (χ3v) is 11.3. The zero-order valence-corrected chi connectivity index (χ0v) is 32.1. The number of fused-ring (bicyclic) bond motifs is 1. The van der Waals surface area contributed by atoms with Crippen molar-refractivity contribution < 1.29 is 85.6 Å². The molecule has 0 aliphatic carbocycles. The summed E-state index contributed by atoms with van der Waals surface area (Å²) in [4.78, 5) is 86.9. The minimum absolute atomic E-state index is 0.0267. The highest BCUT2D eigenvalue weighted by Gasteiger charge is 2.50. The largest absolute Gasteiger partial charge is 0.481 e. The van der Waals surface area contributed by atoms with E-state index in [9.17, 15) is 57.9 Å². The molecule has 0 saturated carbocycles. The molecule has 0 spiro atoms. The molecular weight excluding hydrogens is 811 g/mol. The molecule has 25 nitrogen and oxygen atoms in total. The first-order valence-electron chi connectivity index (χ1n) is 15.7. The van der Waals surface area contributed by atoms with Gasteiger partial charge in [-0.05, 0) is 6.42 Å². The van der Waals surface area contributed by atoms with Crippen LogP contribution in [-0.4, -0.2) is 134 Å². The average Bonchev–Trinajstić information content (AvgIpc) is 3.63. The monoisotopic (exact) mass is 853 g/mol. The van der Waals surface area contributed by atoms with E-state index in [1.807, 2.05) is 0 Å². The zero-order valence-electron chi connectivity index (χ0n) is 28.6. The van der Waals surface area contributed by atoms with Gasteiger partial charge < -0.3 is 56.0 Å².